The first-order valence-corrected chi connectivity index (χ1v) is 12.8. The Bertz CT molecular complexity index is 1350. The maximum absolute atomic E-state index is 12.5. The van der Waals surface area contributed by atoms with Gasteiger partial charge in [0.25, 0.3) is 5.91 Å². The topological polar surface area (TPSA) is 123 Å². The zero-order valence-corrected chi connectivity index (χ0v) is 21.9. The van der Waals surface area contributed by atoms with E-state index >= 15 is 0 Å². The van der Waals surface area contributed by atoms with Crippen LogP contribution < -0.4 is 10.6 Å². The van der Waals surface area contributed by atoms with Gasteiger partial charge < -0.3 is 30.2 Å². The number of anilines is 1. The number of carbonyl (C=O) groups is 1. The number of fused-ring (bicyclic) bond motifs is 1. The Morgan fingerprint density at radius 1 is 1.13 bits per heavy atom. The van der Waals surface area contributed by atoms with Crippen molar-refractivity contribution in [2.45, 2.75) is 13.0 Å². The van der Waals surface area contributed by atoms with Crippen LogP contribution in [0.1, 0.15) is 12.6 Å². The highest BCUT2D eigenvalue weighted by Crippen LogP contribution is 2.30. The summed E-state index contributed by atoms with van der Waals surface area (Å²) in [6, 6.07) is 18.5. The normalized spacial score (nSPS) is 15.6. The van der Waals surface area contributed by atoms with E-state index in [0.717, 1.165) is 72.8 Å². The maximum atomic E-state index is 12.5. The van der Waals surface area contributed by atoms with Gasteiger partial charge in [-0.2, -0.15) is 5.26 Å². The molecule has 200 valence electrons. The van der Waals surface area contributed by atoms with Gasteiger partial charge in [-0.3, -0.25) is 9.69 Å². The number of aliphatic hydroxyl groups is 2. The van der Waals surface area contributed by atoms with Crippen LogP contribution in [-0.4, -0.2) is 84.2 Å². The maximum Gasteiger partial charge on any atom is 0.262 e. The number of hydrogen-bond acceptors (Lipinski definition) is 7. The molecule has 0 spiro atoms. The molecule has 3 aromatic rings. The van der Waals surface area contributed by atoms with E-state index in [2.05, 4.69) is 51.9 Å². The number of nitrogens with one attached hydrogen (secondary N) is 2. The van der Waals surface area contributed by atoms with Crippen LogP contribution in [0, 0.1) is 11.3 Å². The molecule has 1 aliphatic heterocycles. The number of nitrogens with zero attached hydrogens (tertiary/aromatic N) is 3. The Balaban J connectivity index is 1.48. The highest BCUT2D eigenvalue weighted by atomic mass is 16.5. The first-order valence-electron chi connectivity index (χ1n) is 12.8. The monoisotopic (exact) mass is 517 g/mol. The van der Waals surface area contributed by atoms with Crippen LogP contribution in [0.5, 0.6) is 0 Å². The number of morpholine rings is 1. The van der Waals surface area contributed by atoms with E-state index < -0.39 is 18.6 Å². The number of rotatable bonds is 10. The Labute approximate surface area is 222 Å². The molecule has 1 saturated heterocycles. The molecular formula is C29H35N5O4. The summed E-state index contributed by atoms with van der Waals surface area (Å²) in [5.41, 5.74) is 4.33. The standard InChI is InChI=1S/C29H35N5O4/c1-20(26(17-30)29(37)32-18-25(36)19-35)27-7-8-28(33(27)2)23-4-3-22-16-24(6-5-21(22)15-23)31-9-10-34-11-13-38-14-12-34/h3-8,15-16,25,31,35-36H,9-14,18-19H2,1-2H3,(H,32,37). The Hall–Kier alpha value is -3.68. The molecule has 2 aromatic carbocycles. The van der Waals surface area contributed by atoms with E-state index in [9.17, 15) is 15.2 Å². The van der Waals surface area contributed by atoms with E-state index in [1.807, 2.05) is 29.8 Å². The van der Waals surface area contributed by atoms with Crippen molar-refractivity contribution in [2.24, 2.45) is 7.05 Å². The molecule has 9 nitrogen and oxygen atoms in total. The molecular weight excluding hydrogens is 482 g/mol. The molecule has 1 aromatic heterocycles. The zero-order chi connectivity index (χ0) is 27.1. The minimum Gasteiger partial charge on any atom is -0.394 e. The van der Waals surface area contributed by atoms with Gasteiger partial charge in [-0.1, -0.05) is 18.2 Å². The molecule has 4 N–H and O–H groups in total. The van der Waals surface area contributed by atoms with Crippen molar-refractivity contribution in [1.82, 2.24) is 14.8 Å². The third-order valence-corrected chi connectivity index (χ3v) is 6.93. The predicted octanol–water partition coefficient (Wildman–Crippen LogP) is 2.36. The number of benzene rings is 2. The molecule has 0 bridgehead atoms. The first-order chi connectivity index (χ1) is 18.4. The van der Waals surface area contributed by atoms with Crippen LogP contribution in [-0.2, 0) is 16.6 Å². The second-order valence-electron chi connectivity index (χ2n) is 9.48. The lowest BCUT2D eigenvalue weighted by molar-refractivity contribution is -0.117. The third-order valence-electron chi connectivity index (χ3n) is 6.93. The summed E-state index contributed by atoms with van der Waals surface area (Å²) < 4.78 is 7.37. The van der Waals surface area contributed by atoms with Crippen LogP contribution in [0.2, 0.25) is 0 Å². The van der Waals surface area contributed by atoms with Crippen LogP contribution in [0.4, 0.5) is 5.69 Å². The van der Waals surface area contributed by atoms with Crippen LogP contribution in [0.15, 0.2) is 54.1 Å². The fourth-order valence-electron chi connectivity index (χ4n) is 4.67. The van der Waals surface area contributed by atoms with E-state index in [1.54, 1.807) is 6.92 Å². The van der Waals surface area contributed by atoms with E-state index in [0.29, 0.717) is 5.57 Å². The van der Waals surface area contributed by atoms with Crippen molar-refractivity contribution in [2.75, 3.05) is 57.9 Å². The molecule has 1 fully saturated rings. The summed E-state index contributed by atoms with van der Waals surface area (Å²) in [7, 11) is 1.91. The van der Waals surface area contributed by atoms with Gasteiger partial charge in [-0.05, 0) is 59.2 Å². The average molecular weight is 518 g/mol. The van der Waals surface area contributed by atoms with Crippen molar-refractivity contribution in [3.8, 4) is 17.3 Å². The lowest BCUT2D eigenvalue weighted by atomic mass is 10.0. The van der Waals surface area contributed by atoms with Crippen molar-refractivity contribution in [3.63, 3.8) is 0 Å². The van der Waals surface area contributed by atoms with E-state index in [1.165, 1.54) is 0 Å². The summed E-state index contributed by atoms with van der Waals surface area (Å²) in [5.74, 6) is -0.583. The molecule has 4 rings (SSSR count). The van der Waals surface area contributed by atoms with Crippen molar-refractivity contribution in [1.29, 1.82) is 5.26 Å². The highest BCUT2D eigenvalue weighted by Gasteiger charge is 2.18. The number of amides is 1. The predicted molar refractivity (Wildman–Crippen MR) is 148 cm³/mol. The largest absolute Gasteiger partial charge is 0.394 e. The molecule has 1 atom stereocenters. The van der Waals surface area contributed by atoms with Crippen molar-refractivity contribution < 1.29 is 19.7 Å². The molecule has 9 heteroatoms. The molecule has 1 amide bonds. The van der Waals surface area contributed by atoms with Gasteiger partial charge in [0.15, 0.2) is 0 Å². The van der Waals surface area contributed by atoms with Crippen molar-refractivity contribution in [3.05, 3.63) is 59.8 Å². The highest BCUT2D eigenvalue weighted by molar-refractivity contribution is 6.04. The van der Waals surface area contributed by atoms with Gasteiger partial charge in [0, 0.05) is 56.8 Å². The molecule has 0 radical (unpaired) electrons. The number of hydrogen-bond donors (Lipinski definition) is 4. The smallest absolute Gasteiger partial charge is 0.262 e. The van der Waals surface area contributed by atoms with Gasteiger partial charge in [0.05, 0.1) is 25.9 Å². The third kappa shape index (κ3) is 6.41. The average Bonchev–Trinajstić information content (AvgIpc) is 3.33. The van der Waals surface area contributed by atoms with Gasteiger partial charge in [0.2, 0.25) is 0 Å². The fraction of sp³-hybridized carbons (Fsp3) is 0.379. The molecule has 1 unspecified atom stereocenters. The van der Waals surface area contributed by atoms with Crippen LogP contribution in [0.25, 0.3) is 27.6 Å². The molecule has 2 heterocycles. The minimum absolute atomic E-state index is 0.0324. The second kappa shape index (κ2) is 12.7. The lowest BCUT2D eigenvalue weighted by Crippen LogP contribution is -2.38. The molecule has 0 saturated carbocycles. The van der Waals surface area contributed by atoms with Gasteiger partial charge >= 0.3 is 0 Å². The number of nitriles is 1. The first kappa shape index (κ1) is 27.4. The van der Waals surface area contributed by atoms with E-state index in [4.69, 9.17) is 9.84 Å². The summed E-state index contributed by atoms with van der Waals surface area (Å²) in [4.78, 5) is 14.9. The minimum atomic E-state index is -1.07. The number of ether oxygens (including phenoxy) is 1. The van der Waals surface area contributed by atoms with E-state index in [-0.39, 0.29) is 12.1 Å². The second-order valence-corrected chi connectivity index (χ2v) is 9.48. The number of carbonyl (C=O) groups excluding carboxylic acids is 1. The number of allylic oxidation sites excluding steroid dienone is 1. The van der Waals surface area contributed by atoms with Gasteiger partial charge in [0.1, 0.15) is 11.6 Å². The Morgan fingerprint density at radius 2 is 1.87 bits per heavy atom. The van der Waals surface area contributed by atoms with Crippen LogP contribution >= 0.6 is 0 Å². The lowest BCUT2D eigenvalue weighted by Gasteiger charge is -2.26. The summed E-state index contributed by atoms with van der Waals surface area (Å²) in [6.45, 7) is 6.59. The number of aliphatic hydroxyl groups excluding tert-OH is 2. The summed E-state index contributed by atoms with van der Waals surface area (Å²) in [5, 5.41) is 36.3. The SMILES string of the molecule is CC(=C(C#N)C(=O)NCC(O)CO)c1ccc(-c2ccc3cc(NCCN4CCOCC4)ccc3c2)n1C. The van der Waals surface area contributed by atoms with Crippen LogP contribution in [0.3, 0.4) is 0 Å². The zero-order valence-electron chi connectivity index (χ0n) is 21.9. The quantitative estimate of drug-likeness (QED) is 0.241. The summed E-state index contributed by atoms with van der Waals surface area (Å²) in [6.07, 6.45) is -1.07. The molecule has 0 aliphatic carbocycles. The van der Waals surface area contributed by atoms with Gasteiger partial charge in [-0.25, -0.2) is 0 Å². The molecule has 1 aliphatic rings. The Morgan fingerprint density at radius 3 is 2.61 bits per heavy atom. The van der Waals surface area contributed by atoms with Crippen molar-refractivity contribution >= 4 is 27.9 Å². The fourth-order valence-corrected chi connectivity index (χ4v) is 4.67. The van der Waals surface area contributed by atoms with Gasteiger partial charge in [-0.15, -0.1) is 0 Å². The number of aromatic nitrogens is 1. The Kier molecular flexibility index (Phi) is 9.15. The summed E-state index contributed by atoms with van der Waals surface area (Å²) >= 11 is 0. The molecule has 38 heavy (non-hydrogen) atoms.